The Morgan fingerprint density at radius 1 is 1.21 bits per heavy atom. The topological polar surface area (TPSA) is 90.7 Å². The van der Waals surface area contributed by atoms with E-state index in [4.69, 9.17) is 9.47 Å². The van der Waals surface area contributed by atoms with Gasteiger partial charge in [0, 0.05) is 18.2 Å². The van der Waals surface area contributed by atoms with E-state index in [0.717, 1.165) is 18.2 Å². The van der Waals surface area contributed by atoms with Gasteiger partial charge in [0.25, 0.3) is 11.6 Å². The number of hydrogen-bond acceptors (Lipinski definition) is 5. The minimum absolute atomic E-state index is 0.0693. The fourth-order valence-electron chi connectivity index (χ4n) is 1.83. The van der Waals surface area contributed by atoms with Gasteiger partial charge in [0.2, 0.25) is 0 Å². The van der Waals surface area contributed by atoms with Crippen LogP contribution in [0.2, 0.25) is 0 Å². The van der Waals surface area contributed by atoms with Crippen molar-refractivity contribution in [3.8, 4) is 11.5 Å². The Hall–Kier alpha value is -3.23. The van der Waals surface area contributed by atoms with Gasteiger partial charge in [-0.15, -0.1) is 0 Å². The molecule has 0 heterocycles. The predicted octanol–water partition coefficient (Wildman–Crippen LogP) is 2.90. The number of nitrogens with zero attached hydrogens (tertiary/aromatic N) is 1. The van der Waals surface area contributed by atoms with Crippen molar-refractivity contribution in [2.24, 2.45) is 0 Å². The van der Waals surface area contributed by atoms with Crippen molar-refractivity contribution >= 4 is 17.3 Å². The number of hydrogen-bond donors (Lipinski definition) is 1. The molecule has 0 aliphatic heterocycles. The predicted molar refractivity (Wildman–Crippen MR) is 80.1 cm³/mol. The van der Waals surface area contributed by atoms with Crippen LogP contribution in [0.5, 0.6) is 11.5 Å². The molecule has 0 saturated carbocycles. The maximum Gasteiger partial charge on any atom is 0.271 e. The lowest BCUT2D eigenvalue weighted by molar-refractivity contribution is -0.384. The molecule has 0 aromatic heterocycles. The number of nitro groups is 1. The molecule has 0 radical (unpaired) electrons. The van der Waals surface area contributed by atoms with Crippen LogP contribution in [0, 0.1) is 21.7 Å². The normalized spacial score (nSPS) is 10.1. The summed E-state index contributed by atoms with van der Waals surface area (Å²) in [5.74, 6) is -2.50. The van der Waals surface area contributed by atoms with Gasteiger partial charge in [-0.2, -0.15) is 0 Å². The molecular weight excluding hydrogens is 326 g/mol. The molecule has 0 spiro atoms. The summed E-state index contributed by atoms with van der Waals surface area (Å²) in [4.78, 5) is 22.0. The largest absolute Gasteiger partial charge is 0.495 e. The first-order valence-electron chi connectivity index (χ1n) is 6.61. The SMILES string of the molecule is COc1ccc([N+](=O)[O-])cc1NC(=O)COc1ccc(F)cc1F. The second kappa shape index (κ2) is 7.36. The number of amides is 1. The number of methoxy groups -OCH3 is 1. The van der Waals surface area contributed by atoms with E-state index in [2.05, 4.69) is 5.32 Å². The molecule has 0 aliphatic rings. The molecule has 24 heavy (non-hydrogen) atoms. The molecule has 126 valence electrons. The van der Waals surface area contributed by atoms with Gasteiger partial charge in [0.05, 0.1) is 17.7 Å². The molecule has 0 fully saturated rings. The minimum Gasteiger partial charge on any atom is -0.495 e. The highest BCUT2D eigenvalue weighted by Gasteiger charge is 2.14. The van der Waals surface area contributed by atoms with Crippen LogP contribution in [0.15, 0.2) is 36.4 Å². The summed E-state index contributed by atoms with van der Waals surface area (Å²) in [6, 6.07) is 6.32. The number of nitro benzene ring substituents is 1. The zero-order valence-corrected chi connectivity index (χ0v) is 12.4. The van der Waals surface area contributed by atoms with Gasteiger partial charge in [0.1, 0.15) is 11.6 Å². The van der Waals surface area contributed by atoms with Crippen LogP contribution in [0.25, 0.3) is 0 Å². The maximum absolute atomic E-state index is 13.4. The number of carbonyl (C=O) groups excluding carboxylic acids is 1. The third-order valence-corrected chi connectivity index (χ3v) is 2.92. The first-order valence-corrected chi connectivity index (χ1v) is 6.61. The fourth-order valence-corrected chi connectivity index (χ4v) is 1.83. The summed E-state index contributed by atoms with van der Waals surface area (Å²) < 4.78 is 36.1. The second-order valence-electron chi connectivity index (χ2n) is 4.55. The van der Waals surface area contributed by atoms with E-state index >= 15 is 0 Å². The van der Waals surface area contributed by atoms with Crippen LogP contribution in [-0.2, 0) is 4.79 Å². The van der Waals surface area contributed by atoms with Crippen LogP contribution in [0.4, 0.5) is 20.2 Å². The summed E-state index contributed by atoms with van der Waals surface area (Å²) in [6.45, 7) is -0.575. The van der Waals surface area contributed by atoms with Gasteiger partial charge in [-0.05, 0) is 18.2 Å². The Morgan fingerprint density at radius 3 is 2.54 bits per heavy atom. The van der Waals surface area contributed by atoms with Crippen molar-refractivity contribution in [3.63, 3.8) is 0 Å². The van der Waals surface area contributed by atoms with Crippen molar-refractivity contribution in [1.29, 1.82) is 0 Å². The molecule has 2 aromatic carbocycles. The lowest BCUT2D eigenvalue weighted by atomic mass is 10.2. The Labute approximate surface area is 135 Å². The van der Waals surface area contributed by atoms with Crippen molar-refractivity contribution in [2.45, 2.75) is 0 Å². The third-order valence-electron chi connectivity index (χ3n) is 2.92. The second-order valence-corrected chi connectivity index (χ2v) is 4.55. The molecule has 0 saturated heterocycles. The lowest BCUT2D eigenvalue weighted by Crippen LogP contribution is -2.21. The van der Waals surface area contributed by atoms with E-state index in [-0.39, 0.29) is 22.9 Å². The number of nitrogens with one attached hydrogen (secondary N) is 1. The average molecular weight is 338 g/mol. The zero-order chi connectivity index (χ0) is 17.7. The molecular formula is C15H12F2N2O5. The third kappa shape index (κ3) is 4.15. The number of anilines is 1. The van der Waals surface area contributed by atoms with Gasteiger partial charge in [0.15, 0.2) is 18.2 Å². The van der Waals surface area contributed by atoms with E-state index < -0.39 is 29.1 Å². The van der Waals surface area contributed by atoms with Crippen LogP contribution >= 0.6 is 0 Å². The van der Waals surface area contributed by atoms with Gasteiger partial charge in [-0.3, -0.25) is 14.9 Å². The molecule has 1 amide bonds. The highest BCUT2D eigenvalue weighted by molar-refractivity contribution is 5.93. The van der Waals surface area contributed by atoms with Crippen LogP contribution in [0.1, 0.15) is 0 Å². The monoisotopic (exact) mass is 338 g/mol. The van der Waals surface area contributed by atoms with E-state index in [9.17, 15) is 23.7 Å². The molecule has 2 rings (SSSR count). The molecule has 7 nitrogen and oxygen atoms in total. The van der Waals surface area contributed by atoms with E-state index in [1.165, 1.54) is 19.2 Å². The lowest BCUT2D eigenvalue weighted by Gasteiger charge is -2.11. The summed E-state index contributed by atoms with van der Waals surface area (Å²) in [5.41, 5.74) is -0.170. The standard InChI is InChI=1S/C15H12F2N2O5/c1-23-14-5-3-10(19(21)22)7-12(14)18-15(20)8-24-13-4-2-9(16)6-11(13)17/h2-7H,8H2,1H3,(H,18,20). The first kappa shape index (κ1) is 17.1. The Kier molecular flexibility index (Phi) is 5.25. The zero-order valence-electron chi connectivity index (χ0n) is 12.4. The Balaban J connectivity index is 2.06. The summed E-state index contributed by atoms with van der Waals surface area (Å²) in [7, 11) is 1.33. The van der Waals surface area contributed by atoms with E-state index in [0.29, 0.717) is 6.07 Å². The fraction of sp³-hybridized carbons (Fsp3) is 0.133. The molecule has 9 heteroatoms. The van der Waals surface area contributed by atoms with Crippen LogP contribution in [0.3, 0.4) is 0 Å². The molecule has 0 aliphatic carbocycles. The summed E-state index contributed by atoms with van der Waals surface area (Å²) >= 11 is 0. The summed E-state index contributed by atoms with van der Waals surface area (Å²) in [5, 5.41) is 13.1. The number of halogens is 2. The Morgan fingerprint density at radius 2 is 1.92 bits per heavy atom. The molecule has 0 unspecified atom stereocenters. The van der Waals surface area contributed by atoms with Crippen LogP contribution in [-0.4, -0.2) is 24.5 Å². The molecule has 0 atom stereocenters. The highest BCUT2D eigenvalue weighted by atomic mass is 19.1. The minimum atomic E-state index is -0.948. The smallest absolute Gasteiger partial charge is 0.271 e. The van der Waals surface area contributed by atoms with Crippen molar-refractivity contribution in [2.75, 3.05) is 19.0 Å². The van der Waals surface area contributed by atoms with Crippen molar-refractivity contribution in [1.82, 2.24) is 0 Å². The molecule has 0 bridgehead atoms. The average Bonchev–Trinajstić information content (AvgIpc) is 2.53. The number of non-ortho nitro benzene ring substituents is 1. The molecule has 2 aromatic rings. The highest BCUT2D eigenvalue weighted by Crippen LogP contribution is 2.28. The van der Waals surface area contributed by atoms with Gasteiger partial charge in [-0.25, -0.2) is 8.78 Å². The van der Waals surface area contributed by atoms with Crippen LogP contribution < -0.4 is 14.8 Å². The molecule has 1 N–H and O–H groups in total. The first-order chi connectivity index (χ1) is 11.4. The van der Waals surface area contributed by atoms with Crippen molar-refractivity contribution in [3.05, 3.63) is 58.1 Å². The van der Waals surface area contributed by atoms with E-state index in [1.54, 1.807) is 0 Å². The number of rotatable bonds is 6. The van der Waals surface area contributed by atoms with Gasteiger partial charge >= 0.3 is 0 Å². The number of benzene rings is 2. The van der Waals surface area contributed by atoms with E-state index in [1.807, 2.05) is 0 Å². The quantitative estimate of drug-likeness (QED) is 0.646. The van der Waals surface area contributed by atoms with Crippen molar-refractivity contribution < 1.29 is 28.0 Å². The maximum atomic E-state index is 13.4. The van der Waals surface area contributed by atoms with Gasteiger partial charge < -0.3 is 14.8 Å². The summed E-state index contributed by atoms with van der Waals surface area (Å²) in [6.07, 6.45) is 0. The Bertz CT molecular complexity index is 782. The number of carbonyl (C=O) groups is 1. The van der Waals surface area contributed by atoms with Gasteiger partial charge in [-0.1, -0.05) is 0 Å². The number of ether oxygens (including phenoxy) is 2.